The Morgan fingerprint density at radius 1 is 1.16 bits per heavy atom. The highest BCUT2D eigenvalue weighted by molar-refractivity contribution is 9.10. The van der Waals surface area contributed by atoms with Gasteiger partial charge in [-0.15, -0.1) is 0 Å². The van der Waals surface area contributed by atoms with Crippen LogP contribution in [-0.2, 0) is 9.53 Å². The number of benzene rings is 1. The van der Waals surface area contributed by atoms with Crippen LogP contribution in [0.3, 0.4) is 0 Å². The zero-order chi connectivity index (χ0) is 18.2. The smallest absolute Gasteiger partial charge is 0.409 e. The maximum absolute atomic E-state index is 12.2. The van der Waals surface area contributed by atoms with Crippen molar-refractivity contribution in [3.63, 3.8) is 0 Å². The summed E-state index contributed by atoms with van der Waals surface area (Å²) in [7, 11) is 0. The number of hydrogen-bond donors (Lipinski definition) is 0. The lowest BCUT2D eigenvalue weighted by molar-refractivity contribution is -0.133. The summed E-state index contributed by atoms with van der Waals surface area (Å²) >= 11 is 3.38. The molecule has 2 amide bonds. The first-order valence-corrected chi connectivity index (χ1v) is 9.33. The molecule has 0 saturated carbocycles. The second kappa shape index (κ2) is 9.65. The quantitative estimate of drug-likeness (QED) is 0.719. The minimum atomic E-state index is -0.293. The van der Waals surface area contributed by atoms with Gasteiger partial charge in [0, 0.05) is 30.7 Å². The van der Waals surface area contributed by atoms with Crippen LogP contribution in [0.4, 0.5) is 4.79 Å². The van der Waals surface area contributed by atoms with Gasteiger partial charge in [-0.3, -0.25) is 4.79 Å². The van der Waals surface area contributed by atoms with Crippen molar-refractivity contribution in [3.8, 4) is 5.75 Å². The van der Waals surface area contributed by atoms with E-state index in [2.05, 4.69) is 15.9 Å². The van der Waals surface area contributed by atoms with Crippen molar-refractivity contribution in [1.82, 2.24) is 9.80 Å². The number of nitrogens with zero attached hydrogens (tertiary/aromatic N) is 2. The molecule has 2 rings (SSSR count). The highest BCUT2D eigenvalue weighted by Gasteiger charge is 2.24. The van der Waals surface area contributed by atoms with Crippen LogP contribution in [0, 0.1) is 5.92 Å². The molecular weight excluding hydrogens is 388 g/mol. The number of rotatable bonds is 6. The SMILES string of the molecule is CC(C)COC(=O)N1CCN(C(=O)CCOc2cccc(Br)c2)CC1. The van der Waals surface area contributed by atoms with Gasteiger partial charge < -0.3 is 19.3 Å². The minimum absolute atomic E-state index is 0.0465. The van der Waals surface area contributed by atoms with Gasteiger partial charge in [0.1, 0.15) is 5.75 Å². The van der Waals surface area contributed by atoms with E-state index >= 15 is 0 Å². The first-order chi connectivity index (χ1) is 12.0. The van der Waals surface area contributed by atoms with E-state index in [1.54, 1.807) is 9.80 Å². The van der Waals surface area contributed by atoms with Crippen LogP contribution in [0.5, 0.6) is 5.75 Å². The van der Waals surface area contributed by atoms with Gasteiger partial charge in [0.15, 0.2) is 0 Å². The standard InChI is InChI=1S/C18H25BrN2O4/c1-14(2)13-25-18(23)21-9-7-20(8-10-21)17(22)6-11-24-16-5-3-4-15(19)12-16/h3-5,12,14H,6-11,13H2,1-2H3. The second-order valence-electron chi connectivity index (χ2n) is 6.39. The molecule has 25 heavy (non-hydrogen) atoms. The summed E-state index contributed by atoms with van der Waals surface area (Å²) in [6.45, 7) is 6.85. The molecule has 1 heterocycles. The van der Waals surface area contributed by atoms with Gasteiger partial charge in [-0.2, -0.15) is 0 Å². The molecule has 0 unspecified atom stereocenters. The first kappa shape index (κ1) is 19.6. The van der Waals surface area contributed by atoms with Gasteiger partial charge in [-0.1, -0.05) is 35.8 Å². The summed E-state index contributed by atoms with van der Waals surface area (Å²) in [6, 6.07) is 7.53. The fraction of sp³-hybridized carbons (Fsp3) is 0.556. The normalized spacial score (nSPS) is 14.6. The van der Waals surface area contributed by atoms with E-state index < -0.39 is 0 Å². The number of carbonyl (C=O) groups excluding carboxylic acids is 2. The summed E-state index contributed by atoms with van der Waals surface area (Å²) in [6.07, 6.45) is 0.0309. The minimum Gasteiger partial charge on any atom is -0.493 e. The lowest BCUT2D eigenvalue weighted by Gasteiger charge is -2.34. The number of halogens is 1. The number of hydrogen-bond acceptors (Lipinski definition) is 4. The Kier molecular flexibility index (Phi) is 7.55. The maximum atomic E-state index is 12.2. The second-order valence-corrected chi connectivity index (χ2v) is 7.31. The van der Waals surface area contributed by atoms with Crippen LogP contribution in [0.15, 0.2) is 28.7 Å². The Balaban J connectivity index is 1.67. The maximum Gasteiger partial charge on any atom is 0.409 e. The van der Waals surface area contributed by atoms with Crippen molar-refractivity contribution in [3.05, 3.63) is 28.7 Å². The van der Waals surface area contributed by atoms with Crippen molar-refractivity contribution < 1.29 is 19.1 Å². The molecule has 1 aromatic carbocycles. The fourth-order valence-electron chi connectivity index (χ4n) is 2.44. The van der Waals surface area contributed by atoms with Gasteiger partial charge in [0.2, 0.25) is 5.91 Å². The zero-order valence-corrected chi connectivity index (χ0v) is 16.3. The molecule has 0 atom stereocenters. The van der Waals surface area contributed by atoms with E-state index in [-0.39, 0.29) is 12.0 Å². The molecule has 1 aliphatic rings. The summed E-state index contributed by atoms with van der Waals surface area (Å²) < 4.78 is 11.8. The van der Waals surface area contributed by atoms with Gasteiger partial charge in [-0.05, 0) is 24.1 Å². The highest BCUT2D eigenvalue weighted by Crippen LogP contribution is 2.18. The van der Waals surface area contributed by atoms with Crippen LogP contribution in [0.1, 0.15) is 20.3 Å². The van der Waals surface area contributed by atoms with Crippen molar-refractivity contribution in [2.75, 3.05) is 39.4 Å². The largest absolute Gasteiger partial charge is 0.493 e. The zero-order valence-electron chi connectivity index (χ0n) is 14.7. The Labute approximate surface area is 157 Å². The van der Waals surface area contributed by atoms with Crippen LogP contribution >= 0.6 is 15.9 Å². The molecule has 6 nitrogen and oxygen atoms in total. The Morgan fingerprint density at radius 2 is 1.84 bits per heavy atom. The van der Waals surface area contributed by atoms with Gasteiger partial charge in [-0.25, -0.2) is 4.79 Å². The van der Waals surface area contributed by atoms with Crippen LogP contribution in [0.25, 0.3) is 0 Å². The lowest BCUT2D eigenvalue weighted by atomic mass is 10.2. The van der Waals surface area contributed by atoms with E-state index in [0.717, 1.165) is 10.2 Å². The monoisotopic (exact) mass is 412 g/mol. The van der Waals surface area contributed by atoms with Crippen LogP contribution < -0.4 is 4.74 Å². The molecule has 0 spiro atoms. The molecule has 0 aromatic heterocycles. The Hall–Kier alpha value is -1.76. The van der Waals surface area contributed by atoms with Crippen molar-refractivity contribution in [2.24, 2.45) is 5.92 Å². The Bertz CT molecular complexity index is 586. The molecule has 1 aromatic rings. The molecule has 0 aliphatic carbocycles. The highest BCUT2D eigenvalue weighted by atomic mass is 79.9. The molecule has 0 N–H and O–H groups in total. The summed E-state index contributed by atoms with van der Waals surface area (Å²) in [5.74, 6) is 1.10. The van der Waals surface area contributed by atoms with Crippen LogP contribution in [-0.4, -0.2) is 61.2 Å². The number of amides is 2. The summed E-state index contributed by atoms with van der Waals surface area (Å²) in [5.41, 5.74) is 0. The number of piperazine rings is 1. The Morgan fingerprint density at radius 3 is 2.48 bits per heavy atom. The average Bonchev–Trinajstić information content (AvgIpc) is 2.59. The average molecular weight is 413 g/mol. The van der Waals surface area contributed by atoms with E-state index in [1.807, 2.05) is 38.1 Å². The third-order valence-electron chi connectivity index (χ3n) is 3.81. The van der Waals surface area contributed by atoms with Gasteiger partial charge in [0.25, 0.3) is 0 Å². The van der Waals surface area contributed by atoms with E-state index in [1.165, 1.54) is 0 Å². The predicted octanol–water partition coefficient (Wildman–Crippen LogP) is 3.15. The molecule has 1 fully saturated rings. The summed E-state index contributed by atoms with van der Waals surface area (Å²) in [5, 5.41) is 0. The third-order valence-corrected chi connectivity index (χ3v) is 4.30. The molecule has 1 aliphatic heterocycles. The van der Waals surface area contributed by atoms with E-state index in [0.29, 0.717) is 51.7 Å². The number of carbonyl (C=O) groups is 2. The van der Waals surface area contributed by atoms with Crippen molar-refractivity contribution in [2.45, 2.75) is 20.3 Å². The molecule has 0 bridgehead atoms. The molecule has 0 radical (unpaired) electrons. The van der Waals surface area contributed by atoms with E-state index in [4.69, 9.17) is 9.47 Å². The fourth-order valence-corrected chi connectivity index (χ4v) is 2.82. The van der Waals surface area contributed by atoms with E-state index in [9.17, 15) is 9.59 Å². The summed E-state index contributed by atoms with van der Waals surface area (Å²) in [4.78, 5) is 27.6. The molecule has 1 saturated heterocycles. The van der Waals surface area contributed by atoms with Gasteiger partial charge in [0.05, 0.1) is 19.6 Å². The predicted molar refractivity (Wildman–Crippen MR) is 98.6 cm³/mol. The lowest BCUT2D eigenvalue weighted by Crippen LogP contribution is -2.51. The molecule has 138 valence electrons. The van der Waals surface area contributed by atoms with Crippen molar-refractivity contribution >= 4 is 27.9 Å². The van der Waals surface area contributed by atoms with Crippen molar-refractivity contribution in [1.29, 1.82) is 0 Å². The molecular formula is C18H25BrN2O4. The number of ether oxygens (including phenoxy) is 2. The third kappa shape index (κ3) is 6.57. The van der Waals surface area contributed by atoms with Gasteiger partial charge >= 0.3 is 6.09 Å². The van der Waals surface area contributed by atoms with Crippen LogP contribution in [0.2, 0.25) is 0 Å². The first-order valence-electron chi connectivity index (χ1n) is 8.53. The topological polar surface area (TPSA) is 59.1 Å². The molecule has 7 heteroatoms.